The Morgan fingerprint density at radius 3 is 2.50 bits per heavy atom. The summed E-state index contributed by atoms with van der Waals surface area (Å²) in [6.07, 6.45) is 5.29. The normalized spacial score (nSPS) is 17.2. The highest BCUT2D eigenvalue weighted by Crippen LogP contribution is 2.50. The predicted molar refractivity (Wildman–Crippen MR) is 99.5 cm³/mol. The van der Waals surface area contributed by atoms with Gasteiger partial charge < -0.3 is 0 Å². The van der Waals surface area contributed by atoms with E-state index in [0.29, 0.717) is 0 Å². The number of hydrogen-bond acceptors (Lipinski definition) is 0. The lowest BCUT2D eigenvalue weighted by Gasteiger charge is -2.37. The predicted octanol–water partition coefficient (Wildman–Crippen LogP) is 6.26. The Labute approximate surface area is 143 Å². The van der Waals surface area contributed by atoms with E-state index in [1.54, 1.807) is 6.07 Å². The van der Waals surface area contributed by atoms with Gasteiger partial charge in [-0.25, -0.2) is 4.39 Å². The van der Waals surface area contributed by atoms with Gasteiger partial charge in [-0.05, 0) is 52.8 Å². The second kappa shape index (κ2) is 5.04. The van der Waals surface area contributed by atoms with Gasteiger partial charge in [0.05, 0.1) is 0 Å². The van der Waals surface area contributed by atoms with Crippen molar-refractivity contribution >= 4 is 11.1 Å². The summed E-state index contributed by atoms with van der Waals surface area (Å²) in [5.74, 6) is -0.119. The standard InChI is InChI=1S/C23H21F/c1-14(2)15-8-5-9-17-18-11-7-13-20(24)22(18)23(3,4)19-12-6-10-16(15)21(17)19/h6-13H,1,5H2,2-4H3. The molecule has 120 valence electrons. The Morgan fingerprint density at radius 1 is 1.04 bits per heavy atom. The first kappa shape index (κ1) is 15.1. The Balaban J connectivity index is 2.14. The van der Waals surface area contributed by atoms with Gasteiger partial charge >= 0.3 is 0 Å². The van der Waals surface area contributed by atoms with E-state index < -0.39 is 0 Å². The number of fused-ring (bicyclic) bond motifs is 2. The van der Waals surface area contributed by atoms with E-state index in [2.05, 4.69) is 63.8 Å². The minimum atomic E-state index is -0.367. The topological polar surface area (TPSA) is 0 Å². The molecule has 2 aliphatic rings. The molecule has 0 nitrogen and oxygen atoms in total. The van der Waals surface area contributed by atoms with Gasteiger partial charge in [0.15, 0.2) is 0 Å². The zero-order chi connectivity index (χ0) is 17.1. The van der Waals surface area contributed by atoms with Crippen molar-refractivity contribution in [2.24, 2.45) is 0 Å². The minimum absolute atomic E-state index is 0.119. The van der Waals surface area contributed by atoms with Crippen LogP contribution in [-0.2, 0) is 5.41 Å². The number of benzene rings is 2. The van der Waals surface area contributed by atoms with Crippen molar-refractivity contribution in [3.05, 3.63) is 94.3 Å². The number of hydrogen-bond donors (Lipinski definition) is 0. The average Bonchev–Trinajstić information content (AvgIpc) is 2.73. The monoisotopic (exact) mass is 316 g/mol. The molecule has 0 saturated carbocycles. The molecule has 24 heavy (non-hydrogen) atoms. The molecule has 0 aliphatic heterocycles. The second-order valence-electron chi connectivity index (χ2n) is 7.27. The molecule has 0 spiro atoms. The van der Waals surface area contributed by atoms with E-state index in [9.17, 15) is 4.39 Å². The minimum Gasteiger partial charge on any atom is -0.207 e. The molecule has 1 heteroatoms. The van der Waals surface area contributed by atoms with Gasteiger partial charge in [-0.1, -0.05) is 68.5 Å². The first-order valence-corrected chi connectivity index (χ1v) is 8.42. The summed E-state index contributed by atoms with van der Waals surface area (Å²) < 4.78 is 14.7. The van der Waals surface area contributed by atoms with Gasteiger partial charge in [0.25, 0.3) is 0 Å². The first-order chi connectivity index (χ1) is 11.4. The summed E-state index contributed by atoms with van der Waals surface area (Å²) in [5.41, 5.74) is 8.54. The molecule has 0 bridgehead atoms. The van der Waals surface area contributed by atoms with Gasteiger partial charge in [0, 0.05) is 11.0 Å². The van der Waals surface area contributed by atoms with E-state index in [0.717, 1.165) is 28.7 Å². The van der Waals surface area contributed by atoms with Crippen LogP contribution >= 0.6 is 0 Å². The molecule has 0 N–H and O–H groups in total. The molecular weight excluding hydrogens is 295 g/mol. The maximum atomic E-state index is 14.7. The van der Waals surface area contributed by atoms with Crippen LogP contribution in [0.4, 0.5) is 4.39 Å². The molecule has 4 rings (SSSR count). The second-order valence-corrected chi connectivity index (χ2v) is 7.27. The van der Waals surface area contributed by atoms with Gasteiger partial charge in [0.1, 0.15) is 5.82 Å². The molecule has 2 aromatic rings. The SMILES string of the molecule is C=C(C)C1=CCC=C2c3cccc(F)c3C(C)(C)c3cccc1c32. The summed E-state index contributed by atoms with van der Waals surface area (Å²) in [6, 6.07) is 11.8. The number of rotatable bonds is 1. The number of halogens is 1. The van der Waals surface area contributed by atoms with E-state index >= 15 is 0 Å². The van der Waals surface area contributed by atoms with Crippen LogP contribution in [0, 0.1) is 5.82 Å². The van der Waals surface area contributed by atoms with Crippen LogP contribution in [-0.4, -0.2) is 0 Å². The van der Waals surface area contributed by atoms with Crippen molar-refractivity contribution in [3.63, 3.8) is 0 Å². The molecule has 0 atom stereocenters. The van der Waals surface area contributed by atoms with Gasteiger partial charge in [-0.3, -0.25) is 0 Å². The maximum Gasteiger partial charge on any atom is 0.127 e. The Morgan fingerprint density at radius 2 is 1.75 bits per heavy atom. The fourth-order valence-corrected chi connectivity index (χ4v) is 4.26. The first-order valence-electron chi connectivity index (χ1n) is 8.42. The molecule has 0 unspecified atom stereocenters. The summed E-state index contributed by atoms with van der Waals surface area (Å²) in [4.78, 5) is 0. The summed E-state index contributed by atoms with van der Waals surface area (Å²) in [5, 5.41) is 0. The molecule has 0 amide bonds. The van der Waals surface area contributed by atoms with Gasteiger partial charge in [-0.15, -0.1) is 0 Å². The number of allylic oxidation sites excluding steroid dienone is 4. The molecule has 0 saturated heterocycles. The van der Waals surface area contributed by atoms with Crippen LogP contribution in [0.1, 0.15) is 55.0 Å². The van der Waals surface area contributed by atoms with Crippen LogP contribution in [0.5, 0.6) is 0 Å². The smallest absolute Gasteiger partial charge is 0.127 e. The summed E-state index contributed by atoms with van der Waals surface area (Å²) in [6.45, 7) is 10.5. The zero-order valence-electron chi connectivity index (χ0n) is 14.4. The van der Waals surface area contributed by atoms with E-state index in [-0.39, 0.29) is 11.2 Å². The molecule has 0 fully saturated rings. The Kier molecular flexibility index (Phi) is 3.18. The lowest BCUT2D eigenvalue weighted by atomic mass is 9.65. The summed E-state index contributed by atoms with van der Waals surface area (Å²) >= 11 is 0. The van der Waals surface area contributed by atoms with Crippen molar-refractivity contribution in [1.82, 2.24) is 0 Å². The molecule has 2 aromatic carbocycles. The highest BCUT2D eigenvalue weighted by Gasteiger charge is 2.38. The van der Waals surface area contributed by atoms with Crippen LogP contribution in [0.3, 0.4) is 0 Å². The van der Waals surface area contributed by atoms with Crippen molar-refractivity contribution < 1.29 is 4.39 Å². The van der Waals surface area contributed by atoms with Crippen LogP contribution in [0.2, 0.25) is 0 Å². The maximum absolute atomic E-state index is 14.7. The highest BCUT2D eigenvalue weighted by molar-refractivity contribution is 5.96. The molecule has 0 radical (unpaired) electrons. The Hall–Kier alpha value is -2.41. The zero-order valence-corrected chi connectivity index (χ0v) is 14.4. The summed E-state index contributed by atoms with van der Waals surface area (Å²) in [7, 11) is 0. The average molecular weight is 316 g/mol. The third-order valence-electron chi connectivity index (χ3n) is 5.33. The molecule has 0 aromatic heterocycles. The highest BCUT2D eigenvalue weighted by atomic mass is 19.1. The lowest BCUT2D eigenvalue weighted by molar-refractivity contribution is 0.542. The van der Waals surface area contributed by atoms with Crippen LogP contribution in [0.15, 0.2) is 60.7 Å². The molecular formula is C23H21F. The van der Waals surface area contributed by atoms with Gasteiger partial charge in [-0.2, -0.15) is 0 Å². The quantitative estimate of drug-likeness (QED) is 0.582. The van der Waals surface area contributed by atoms with E-state index in [1.165, 1.54) is 22.3 Å². The third-order valence-corrected chi connectivity index (χ3v) is 5.33. The van der Waals surface area contributed by atoms with Crippen molar-refractivity contribution in [3.8, 4) is 0 Å². The molecule has 0 heterocycles. The van der Waals surface area contributed by atoms with Crippen LogP contribution < -0.4 is 0 Å². The largest absolute Gasteiger partial charge is 0.207 e. The Bertz CT molecular complexity index is 939. The van der Waals surface area contributed by atoms with E-state index in [1.807, 2.05) is 6.07 Å². The van der Waals surface area contributed by atoms with Crippen molar-refractivity contribution in [2.45, 2.75) is 32.6 Å². The fraction of sp³-hybridized carbons (Fsp3) is 0.217. The van der Waals surface area contributed by atoms with Crippen molar-refractivity contribution in [1.29, 1.82) is 0 Å². The third kappa shape index (κ3) is 1.91. The van der Waals surface area contributed by atoms with Gasteiger partial charge in [0.2, 0.25) is 0 Å². The fourth-order valence-electron chi connectivity index (χ4n) is 4.26. The van der Waals surface area contributed by atoms with Crippen molar-refractivity contribution in [2.75, 3.05) is 0 Å². The lowest BCUT2D eigenvalue weighted by Crippen LogP contribution is -2.28. The van der Waals surface area contributed by atoms with E-state index in [4.69, 9.17) is 0 Å². The van der Waals surface area contributed by atoms with Crippen LogP contribution in [0.25, 0.3) is 11.1 Å². The molecule has 2 aliphatic carbocycles.